The van der Waals surface area contributed by atoms with E-state index >= 15 is 0 Å². The highest BCUT2D eigenvalue weighted by atomic mass is 35.5. The summed E-state index contributed by atoms with van der Waals surface area (Å²) in [4.78, 5) is 16.0. The van der Waals surface area contributed by atoms with Crippen LogP contribution >= 0.6 is 34.8 Å². The van der Waals surface area contributed by atoms with Crippen molar-refractivity contribution in [3.05, 3.63) is 68.6 Å². The number of hydrogen-bond acceptors (Lipinski definition) is 4. The van der Waals surface area contributed by atoms with Gasteiger partial charge in [-0.3, -0.25) is 5.41 Å². The number of halogens is 3. The van der Waals surface area contributed by atoms with Crippen molar-refractivity contribution in [2.45, 2.75) is 13.5 Å². The summed E-state index contributed by atoms with van der Waals surface area (Å²) < 4.78 is 1.77. The van der Waals surface area contributed by atoms with Crippen LogP contribution in [-0.2, 0) is 6.54 Å². The first-order valence-electron chi connectivity index (χ1n) is 8.00. The summed E-state index contributed by atoms with van der Waals surface area (Å²) in [5, 5.41) is 8.97. The quantitative estimate of drug-likeness (QED) is 0.475. The van der Waals surface area contributed by atoms with Gasteiger partial charge in [0.15, 0.2) is 11.1 Å². The van der Waals surface area contributed by atoms with Gasteiger partial charge in [0.05, 0.1) is 22.9 Å². The second kappa shape index (κ2) is 6.96. The summed E-state index contributed by atoms with van der Waals surface area (Å²) in [7, 11) is 0. The molecule has 0 aliphatic heterocycles. The number of nitrogens with one attached hydrogen (secondary N) is 2. The Morgan fingerprint density at radius 3 is 2.70 bits per heavy atom. The fraction of sp³-hybridized carbons (Fsp3) is 0.111. The molecule has 0 atom stereocenters. The van der Waals surface area contributed by atoms with Crippen molar-refractivity contribution in [2.24, 2.45) is 0 Å². The van der Waals surface area contributed by atoms with Crippen LogP contribution in [0.4, 0.5) is 0 Å². The fourth-order valence-corrected chi connectivity index (χ4v) is 3.48. The molecule has 0 aliphatic carbocycles. The lowest BCUT2D eigenvalue weighted by molar-refractivity contribution is 0.783. The highest BCUT2D eigenvalue weighted by molar-refractivity contribution is 6.43. The van der Waals surface area contributed by atoms with Crippen LogP contribution < -0.4 is 5.49 Å². The number of aromatic amines is 1. The van der Waals surface area contributed by atoms with Crippen LogP contribution in [0.2, 0.25) is 15.2 Å². The minimum absolute atomic E-state index is 0.110. The number of aromatic nitrogens is 5. The zero-order chi connectivity index (χ0) is 19.1. The number of H-pyrrole nitrogens is 1. The van der Waals surface area contributed by atoms with Crippen LogP contribution in [0.25, 0.3) is 22.6 Å². The van der Waals surface area contributed by atoms with Gasteiger partial charge in [0, 0.05) is 17.3 Å². The zero-order valence-corrected chi connectivity index (χ0v) is 16.4. The largest absolute Gasteiger partial charge is 0.334 e. The molecule has 4 rings (SSSR count). The minimum Gasteiger partial charge on any atom is -0.334 e. The van der Waals surface area contributed by atoms with Gasteiger partial charge in [-0.25, -0.2) is 15.0 Å². The summed E-state index contributed by atoms with van der Waals surface area (Å²) in [6, 6.07) is 7.90. The van der Waals surface area contributed by atoms with Gasteiger partial charge in [-0.1, -0.05) is 59.1 Å². The average Bonchev–Trinajstić information content (AvgIpc) is 3.10. The number of nitrogens with zero attached hydrogens (tertiary/aromatic N) is 4. The SMILES string of the molecule is Cc1ccccc1-c1nc2c([nH]1)c(=N)ncn2Cc1c(Cl)cnc(Cl)c1Cl. The summed E-state index contributed by atoms with van der Waals surface area (Å²) >= 11 is 18.5. The van der Waals surface area contributed by atoms with Crippen LogP contribution in [0.15, 0.2) is 36.8 Å². The molecule has 0 amide bonds. The van der Waals surface area contributed by atoms with Crippen LogP contribution in [0.5, 0.6) is 0 Å². The van der Waals surface area contributed by atoms with E-state index in [1.54, 1.807) is 4.57 Å². The van der Waals surface area contributed by atoms with E-state index in [2.05, 4.69) is 15.0 Å². The monoisotopic (exact) mass is 418 g/mol. The number of fused-ring (bicyclic) bond motifs is 1. The third kappa shape index (κ3) is 3.20. The van der Waals surface area contributed by atoms with Gasteiger partial charge in [0.2, 0.25) is 0 Å². The van der Waals surface area contributed by atoms with E-state index in [-0.39, 0.29) is 15.7 Å². The molecule has 6 nitrogen and oxygen atoms in total. The van der Waals surface area contributed by atoms with Gasteiger partial charge in [-0.15, -0.1) is 0 Å². The third-order valence-electron chi connectivity index (χ3n) is 4.27. The molecular formula is C18H13Cl3N6. The Hall–Kier alpha value is -2.41. The predicted octanol–water partition coefficient (Wildman–Crippen LogP) is 4.62. The smallest absolute Gasteiger partial charge is 0.173 e. The topological polar surface area (TPSA) is 83.2 Å². The van der Waals surface area contributed by atoms with Gasteiger partial charge in [-0.2, -0.15) is 0 Å². The van der Waals surface area contributed by atoms with Crippen molar-refractivity contribution in [3.63, 3.8) is 0 Å². The van der Waals surface area contributed by atoms with Gasteiger partial charge >= 0.3 is 0 Å². The molecule has 0 spiro atoms. The van der Waals surface area contributed by atoms with E-state index in [9.17, 15) is 0 Å². The third-order valence-corrected chi connectivity index (χ3v) is 5.39. The van der Waals surface area contributed by atoms with Crippen molar-refractivity contribution in [1.82, 2.24) is 24.5 Å². The van der Waals surface area contributed by atoms with Crippen molar-refractivity contribution < 1.29 is 0 Å². The number of rotatable bonds is 3. The van der Waals surface area contributed by atoms with E-state index in [0.29, 0.717) is 34.1 Å². The molecule has 0 aliphatic rings. The molecule has 0 fully saturated rings. The maximum Gasteiger partial charge on any atom is 0.173 e. The van der Waals surface area contributed by atoms with Gasteiger partial charge in [-0.05, 0) is 12.5 Å². The number of imidazole rings is 1. The zero-order valence-electron chi connectivity index (χ0n) is 14.1. The van der Waals surface area contributed by atoms with Crippen LogP contribution in [0, 0.1) is 12.3 Å². The summed E-state index contributed by atoms with van der Waals surface area (Å²) in [6.07, 6.45) is 2.99. The lowest BCUT2D eigenvalue weighted by Crippen LogP contribution is -2.13. The normalized spacial score (nSPS) is 11.3. The van der Waals surface area contributed by atoms with Crippen molar-refractivity contribution in [2.75, 3.05) is 0 Å². The first kappa shape index (κ1) is 18.0. The molecule has 4 aromatic rings. The molecule has 2 N–H and O–H groups in total. The summed E-state index contributed by atoms with van der Waals surface area (Å²) in [5.74, 6) is 0.670. The summed E-state index contributed by atoms with van der Waals surface area (Å²) in [6.45, 7) is 2.30. The molecule has 3 heterocycles. The average molecular weight is 420 g/mol. The van der Waals surface area contributed by atoms with Crippen molar-refractivity contribution in [1.29, 1.82) is 5.41 Å². The van der Waals surface area contributed by atoms with E-state index in [4.69, 9.17) is 45.2 Å². The molecule has 1 aromatic carbocycles. The predicted molar refractivity (Wildman–Crippen MR) is 106 cm³/mol. The van der Waals surface area contributed by atoms with Gasteiger partial charge in [0.1, 0.15) is 16.5 Å². The van der Waals surface area contributed by atoms with Gasteiger partial charge in [0.25, 0.3) is 0 Å². The highest BCUT2D eigenvalue weighted by Gasteiger charge is 2.16. The molecule has 136 valence electrons. The Morgan fingerprint density at radius 2 is 1.93 bits per heavy atom. The van der Waals surface area contributed by atoms with Crippen LogP contribution in [-0.4, -0.2) is 24.5 Å². The highest BCUT2D eigenvalue weighted by Crippen LogP contribution is 2.30. The second-order valence-corrected chi connectivity index (χ2v) is 7.15. The van der Waals surface area contributed by atoms with E-state index < -0.39 is 0 Å². The molecule has 3 aromatic heterocycles. The van der Waals surface area contributed by atoms with Crippen LogP contribution in [0.3, 0.4) is 0 Å². The fourth-order valence-electron chi connectivity index (χ4n) is 2.86. The second-order valence-electron chi connectivity index (χ2n) is 6.01. The maximum absolute atomic E-state index is 8.11. The Morgan fingerprint density at radius 1 is 1.15 bits per heavy atom. The molecular weight excluding hydrogens is 407 g/mol. The maximum atomic E-state index is 8.11. The lowest BCUT2D eigenvalue weighted by atomic mass is 10.1. The number of pyridine rings is 1. The molecule has 0 bridgehead atoms. The summed E-state index contributed by atoms with van der Waals surface area (Å²) in [5.41, 5.74) is 3.87. The Labute approximate surface area is 169 Å². The van der Waals surface area contributed by atoms with E-state index in [0.717, 1.165) is 11.1 Å². The standard InChI is InChI=1S/C18H13Cl3N6/c1-9-4-2-3-5-10(9)17-25-14-16(22)24-8-27(18(14)26-17)7-11-12(19)6-23-15(21)13(11)20/h2-6,8,22H,7H2,1H3,(H,25,26). The molecule has 0 saturated carbocycles. The van der Waals surface area contributed by atoms with E-state index in [1.165, 1.54) is 12.5 Å². The van der Waals surface area contributed by atoms with Gasteiger partial charge < -0.3 is 9.55 Å². The molecule has 9 heteroatoms. The Bertz CT molecular complexity index is 1230. The number of aryl methyl sites for hydroxylation is 1. The number of hydrogen-bond donors (Lipinski definition) is 2. The van der Waals surface area contributed by atoms with Crippen molar-refractivity contribution >= 4 is 46.0 Å². The Balaban J connectivity index is 1.88. The Kier molecular flexibility index (Phi) is 4.63. The first-order valence-corrected chi connectivity index (χ1v) is 9.13. The molecule has 0 unspecified atom stereocenters. The lowest BCUT2D eigenvalue weighted by Gasteiger charge is -2.11. The van der Waals surface area contributed by atoms with E-state index in [1.807, 2.05) is 31.2 Å². The van der Waals surface area contributed by atoms with Crippen LogP contribution in [0.1, 0.15) is 11.1 Å². The minimum atomic E-state index is 0.110. The first-order chi connectivity index (χ1) is 13.0. The number of benzene rings is 1. The molecule has 0 saturated heterocycles. The molecule has 0 radical (unpaired) electrons. The molecule has 27 heavy (non-hydrogen) atoms. The van der Waals surface area contributed by atoms with Crippen molar-refractivity contribution in [3.8, 4) is 11.4 Å².